The summed E-state index contributed by atoms with van der Waals surface area (Å²) in [5.41, 5.74) is 1.02. The molecule has 1 atom stereocenters. The van der Waals surface area contributed by atoms with Crippen molar-refractivity contribution < 1.29 is 17.9 Å². The van der Waals surface area contributed by atoms with Crippen molar-refractivity contribution in [2.75, 3.05) is 12.4 Å². The van der Waals surface area contributed by atoms with Gasteiger partial charge in [0.1, 0.15) is 16.7 Å². The number of amides is 1. The normalized spacial score (nSPS) is 12.2. The third-order valence-corrected chi connectivity index (χ3v) is 6.79. The molecule has 0 aliphatic heterocycles. The number of nitrogens with one attached hydrogen (secondary N) is 2. The van der Waals surface area contributed by atoms with Gasteiger partial charge in [-0.1, -0.05) is 65.1 Å². The molecule has 0 aromatic heterocycles. The minimum absolute atomic E-state index is 0.0902. The highest BCUT2D eigenvalue weighted by Gasteiger charge is 2.29. The van der Waals surface area contributed by atoms with Crippen LogP contribution in [-0.4, -0.2) is 27.5 Å². The first-order valence-corrected chi connectivity index (χ1v) is 12.0. The lowest BCUT2D eigenvalue weighted by Gasteiger charge is -2.20. The fourth-order valence-electron chi connectivity index (χ4n) is 2.96. The Morgan fingerprint density at radius 1 is 0.969 bits per heavy atom. The first-order valence-electron chi connectivity index (χ1n) is 9.35. The van der Waals surface area contributed by atoms with E-state index in [1.165, 1.54) is 37.4 Å². The quantitative estimate of drug-likeness (QED) is 0.434. The Morgan fingerprint density at radius 3 is 2.31 bits per heavy atom. The van der Waals surface area contributed by atoms with E-state index in [-0.39, 0.29) is 32.8 Å². The average molecular weight is 514 g/mol. The number of hydrogen-bond donors (Lipinski definition) is 2. The van der Waals surface area contributed by atoms with E-state index in [0.717, 1.165) is 5.56 Å². The molecule has 0 bridgehead atoms. The van der Waals surface area contributed by atoms with Gasteiger partial charge in [0.05, 0.1) is 17.8 Å². The van der Waals surface area contributed by atoms with Crippen molar-refractivity contribution in [1.29, 1.82) is 0 Å². The van der Waals surface area contributed by atoms with Crippen molar-refractivity contribution in [3.8, 4) is 5.75 Å². The molecule has 3 aromatic carbocycles. The largest absolute Gasteiger partial charge is 0.495 e. The number of rotatable bonds is 8. The molecule has 3 aromatic rings. The second kappa shape index (κ2) is 10.6. The monoisotopic (exact) mass is 512 g/mol. The van der Waals surface area contributed by atoms with Crippen LogP contribution in [-0.2, 0) is 21.2 Å². The van der Waals surface area contributed by atoms with Gasteiger partial charge in [0, 0.05) is 10.0 Å². The number of halogens is 3. The topological polar surface area (TPSA) is 84.5 Å². The fraction of sp³-hybridized carbons (Fsp3) is 0.136. The Hall–Kier alpha value is -2.29. The number of benzene rings is 3. The molecule has 6 nitrogen and oxygen atoms in total. The molecule has 2 N–H and O–H groups in total. The molecule has 3 rings (SSSR count). The van der Waals surface area contributed by atoms with Crippen LogP contribution in [0.25, 0.3) is 0 Å². The summed E-state index contributed by atoms with van der Waals surface area (Å²) in [7, 11) is -2.83. The Morgan fingerprint density at radius 2 is 1.62 bits per heavy atom. The highest BCUT2D eigenvalue weighted by atomic mass is 35.5. The van der Waals surface area contributed by atoms with E-state index in [2.05, 4.69) is 10.0 Å². The van der Waals surface area contributed by atoms with Crippen LogP contribution in [0.2, 0.25) is 15.1 Å². The van der Waals surface area contributed by atoms with E-state index in [1.54, 1.807) is 30.3 Å². The van der Waals surface area contributed by atoms with Crippen LogP contribution in [0, 0.1) is 0 Å². The molecule has 0 aliphatic carbocycles. The number of sulfonamides is 1. The van der Waals surface area contributed by atoms with E-state index in [1.807, 2.05) is 6.07 Å². The Labute approximate surface area is 201 Å². The van der Waals surface area contributed by atoms with Crippen LogP contribution in [0.1, 0.15) is 5.56 Å². The van der Waals surface area contributed by atoms with Crippen molar-refractivity contribution in [1.82, 2.24) is 4.72 Å². The first-order chi connectivity index (χ1) is 15.2. The summed E-state index contributed by atoms with van der Waals surface area (Å²) in [6.07, 6.45) is 0.0902. The summed E-state index contributed by atoms with van der Waals surface area (Å²) < 4.78 is 34.0. The van der Waals surface area contributed by atoms with Crippen LogP contribution in [0.15, 0.2) is 71.6 Å². The maximum absolute atomic E-state index is 13.2. The van der Waals surface area contributed by atoms with Gasteiger partial charge in [-0.05, 0) is 48.4 Å². The molecule has 0 aliphatic rings. The standard InChI is InChI=1S/C22H19Cl3N2O4S/c1-31-20-10-8-16(24)13-21(20)32(29,30)27-19(11-14-5-3-2-4-6-14)22(28)26-18-12-15(23)7-9-17(18)25/h2-10,12-13,19,27H,11H2,1H3,(H,26,28)/t19-/m1/s1. The van der Waals surface area contributed by atoms with Gasteiger partial charge in [0.25, 0.3) is 0 Å². The van der Waals surface area contributed by atoms with Crippen LogP contribution in [0.3, 0.4) is 0 Å². The van der Waals surface area contributed by atoms with Crippen LogP contribution >= 0.6 is 34.8 Å². The number of carbonyl (C=O) groups is 1. The third-order valence-electron chi connectivity index (χ3n) is 4.50. The van der Waals surface area contributed by atoms with Crippen molar-refractivity contribution in [3.63, 3.8) is 0 Å². The third kappa shape index (κ3) is 6.15. The Kier molecular flexibility index (Phi) is 8.03. The van der Waals surface area contributed by atoms with Gasteiger partial charge in [-0.3, -0.25) is 4.79 Å². The highest BCUT2D eigenvalue weighted by molar-refractivity contribution is 7.89. The predicted octanol–water partition coefficient (Wildman–Crippen LogP) is 5.18. The number of carbonyl (C=O) groups excluding carboxylic acids is 1. The molecule has 10 heteroatoms. The number of ether oxygens (including phenoxy) is 1. The van der Waals surface area contributed by atoms with Gasteiger partial charge < -0.3 is 10.1 Å². The first kappa shape index (κ1) is 24.4. The number of methoxy groups -OCH3 is 1. The predicted molar refractivity (Wildman–Crippen MR) is 127 cm³/mol. The second-order valence-corrected chi connectivity index (χ2v) is 9.73. The number of hydrogen-bond acceptors (Lipinski definition) is 4. The lowest BCUT2D eigenvalue weighted by atomic mass is 10.1. The summed E-state index contributed by atoms with van der Waals surface area (Å²) in [4.78, 5) is 12.9. The molecule has 168 valence electrons. The molecule has 0 saturated carbocycles. The molecule has 32 heavy (non-hydrogen) atoms. The molecular formula is C22H19Cl3N2O4S. The van der Waals surface area contributed by atoms with Gasteiger partial charge in [0.15, 0.2) is 0 Å². The Balaban J connectivity index is 1.95. The van der Waals surface area contributed by atoms with Gasteiger partial charge in [0.2, 0.25) is 15.9 Å². The summed E-state index contributed by atoms with van der Waals surface area (Å²) >= 11 is 18.1. The van der Waals surface area contributed by atoms with E-state index in [0.29, 0.717) is 5.02 Å². The summed E-state index contributed by atoms with van der Waals surface area (Å²) in [5.74, 6) is -0.513. The molecule has 1 amide bonds. The fourth-order valence-corrected chi connectivity index (χ4v) is 4.93. The minimum Gasteiger partial charge on any atom is -0.495 e. The second-order valence-electron chi connectivity index (χ2n) is 6.77. The van der Waals surface area contributed by atoms with Crippen molar-refractivity contribution in [2.45, 2.75) is 17.4 Å². The molecule has 0 saturated heterocycles. The number of anilines is 1. The maximum Gasteiger partial charge on any atom is 0.245 e. The van der Waals surface area contributed by atoms with E-state index >= 15 is 0 Å². The molecule has 0 spiro atoms. The zero-order valence-electron chi connectivity index (χ0n) is 16.8. The maximum atomic E-state index is 13.2. The lowest BCUT2D eigenvalue weighted by Crippen LogP contribution is -2.45. The molecular weight excluding hydrogens is 495 g/mol. The van der Waals surface area contributed by atoms with Crippen molar-refractivity contribution in [2.24, 2.45) is 0 Å². The van der Waals surface area contributed by atoms with Crippen LogP contribution in [0.5, 0.6) is 5.75 Å². The SMILES string of the molecule is COc1ccc(Cl)cc1S(=O)(=O)N[C@H](Cc1ccccc1)C(=O)Nc1cc(Cl)ccc1Cl. The summed E-state index contributed by atoms with van der Waals surface area (Å²) in [6.45, 7) is 0. The Bertz CT molecular complexity index is 1220. The van der Waals surface area contributed by atoms with Crippen LogP contribution < -0.4 is 14.8 Å². The summed E-state index contributed by atoms with van der Waals surface area (Å²) in [5, 5.41) is 3.49. The average Bonchev–Trinajstić information content (AvgIpc) is 2.76. The van der Waals surface area contributed by atoms with E-state index < -0.39 is 22.0 Å². The van der Waals surface area contributed by atoms with Gasteiger partial charge in [-0.2, -0.15) is 4.72 Å². The van der Waals surface area contributed by atoms with Crippen LogP contribution in [0.4, 0.5) is 5.69 Å². The highest BCUT2D eigenvalue weighted by Crippen LogP contribution is 2.28. The van der Waals surface area contributed by atoms with Crippen molar-refractivity contribution >= 4 is 56.4 Å². The smallest absolute Gasteiger partial charge is 0.245 e. The van der Waals surface area contributed by atoms with E-state index in [9.17, 15) is 13.2 Å². The zero-order valence-corrected chi connectivity index (χ0v) is 19.9. The van der Waals surface area contributed by atoms with E-state index in [4.69, 9.17) is 39.5 Å². The van der Waals surface area contributed by atoms with Gasteiger partial charge in [-0.25, -0.2) is 8.42 Å². The molecule has 0 radical (unpaired) electrons. The zero-order chi connectivity index (χ0) is 23.3. The molecule has 0 fully saturated rings. The van der Waals surface area contributed by atoms with Crippen molar-refractivity contribution in [3.05, 3.63) is 87.4 Å². The van der Waals surface area contributed by atoms with Gasteiger partial charge >= 0.3 is 0 Å². The minimum atomic E-state index is -4.18. The van der Waals surface area contributed by atoms with Gasteiger partial charge in [-0.15, -0.1) is 0 Å². The summed E-state index contributed by atoms with van der Waals surface area (Å²) in [6, 6.07) is 16.6. The molecule has 0 unspecified atom stereocenters. The molecule has 0 heterocycles. The lowest BCUT2D eigenvalue weighted by molar-refractivity contribution is -0.117.